The molecule has 3 N–H and O–H groups in total. The minimum absolute atomic E-state index is 0.329. The third-order valence-electron chi connectivity index (χ3n) is 4.34. The highest BCUT2D eigenvalue weighted by Crippen LogP contribution is 2.38. The molecule has 0 spiro atoms. The third-order valence-corrected chi connectivity index (χ3v) is 4.34. The lowest BCUT2D eigenvalue weighted by molar-refractivity contribution is -0.148. The summed E-state index contributed by atoms with van der Waals surface area (Å²) >= 11 is 0. The van der Waals surface area contributed by atoms with Crippen LogP contribution >= 0.6 is 0 Å². The summed E-state index contributed by atoms with van der Waals surface area (Å²) in [5, 5.41) is 14.9. The molecule has 0 radical (unpaired) electrons. The van der Waals surface area contributed by atoms with Gasteiger partial charge in [-0.15, -0.1) is 0 Å². The Morgan fingerprint density at radius 2 is 2.29 bits per heavy atom. The number of hydrogen-bond donors (Lipinski definition) is 3. The highest BCUT2D eigenvalue weighted by molar-refractivity contribution is 5.79. The number of hydrogen-bond acceptors (Lipinski definition) is 3. The molecular formula is C15H21N3O3. The monoisotopic (exact) mass is 291 g/mol. The molecular weight excluding hydrogens is 270 g/mol. The van der Waals surface area contributed by atoms with Crippen LogP contribution in [-0.4, -0.2) is 28.1 Å². The molecule has 1 saturated carbocycles. The molecule has 1 fully saturated rings. The van der Waals surface area contributed by atoms with E-state index in [0.717, 1.165) is 17.5 Å². The Kier molecular flexibility index (Phi) is 4.45. The van der Waals surface area contributed by atoms with Gasteiger partial charge in [0.25, 0.3) is 0 Å². The molecule has 114 valence electrons. The van der Waals surface area contributed by atoms with Crippen molar-refractivity contribution in [1.82, 2.24) is 15.6 Å². The summed E-state index contributed by atoms with van der Waals surface area (Å²) in [6.45, 7) is 4.02. The SMILES string of the molecule is Cc1ccncc1CNC(=O)NC1CCCC1(C)C(=O)O. The van der Waals surface area contributed by atoms with E-state index in [1.165, 1.54) is 0 Å². The standard InChI is InChI=1S/C15H21N3O3/c1-10-5-7-16-8-11(10)9-17-14(21)18-12-4-3-6-15(12,2)13(19)20/h5,7-8,12H,3-4,6,9H2,1-2H3,(H,19,20)(H2,17,18,21). The molecule has 1 aromatic rings. The molecule has 0 bridgehead atoms. The van der Waals surface area contributed by atoms with Gasteiger partial charge in [0.1, 0.15) is 0 Å². The number of nitrogens with one attached hydrogen (secondary N) is 2. The van der Waals surface area contributed by atoms with E-state index in [-0.39, 0.29) is 12.1 Å². The van der Waals surface area contributed by atoms with Crippen molar-refractivity contribution in [3.63, 3.8) is 0 Å². The molecule has 6 heteroatoms. The molecule has 6 nitrogen and oxygen atoms in total. The molecule has 1 aliphatic carbocycles. The number of pyridine rings is 1. The Balaban J connectivity index is 1.90. The average Bonchev–Trinajstić information content (AvgIpc) is 2.81. The van der Waals surface area contributed by atoms with Gasteiger partial charge in [0.2, 0.25) is 0 Å². The molecule has 1 heterocycles. The maximum atomic E-state index is 12.0. The minimum Gasteiger partial charge on any atom is -0.481 e. The first-order valence-corrected chi connectivity index (χ1v) is 7.11. The first kappa shape index (κ1) is 15.3. The largest absolute Gasteiger partial charge is 0.481 e. The fraction of sp³-hybridized carbons (Fsp3) is 0.533. The number of aryl methyl sites for hydroxylation is 1. The molecule has 1 aliphatic rings. The predicted octanol–water partition coefficient (Wildman–Crippen LogP) is 1.83. The second-order valence-corrected chi connectivity index (χ2v) is 5.80. The molecule has 21 heavy (non-hydrogen) atoms. The van der Waals surface area contributed by atoms with Gasteiger partial charge in [0.15, 0.2) is 0 Å². The summed E-state index contributed by atoms with van der Waals surface area (Å²) in [4.78, 5) is 27.3. The van der Waals surface area contributed by atoms with Crippen LogP contribution in [0.15, 0.2) is 18.5 Å². The van der Waals surface area contributed by atoms with Crippen molar-refractivity contribution in [2.24, 2.45) is 5.41 Å². The van der Waals surface area contributed by atoms with Gasteiger partial charge < -0.3 is 15.7 Å². The number of carboxylic acids is 1. The van der Waals surface area contributed by atoms with Crippen LogP contribution < -0.4 is 10.6 Å². The zero-order chi connectivity index (χ0) is 15.5. The number of nitrogens with zero attached hydrogens (tertiary/aromatic N) is 1. The number of carboxylic acid groups (broad SMARTS) is 1. The van der Waals surface area contributed by atoms with Crippen LogP contribution in [0.2, 0.25) is 0 Å². The van der Waals surface area contributed by atoms with Gasteiger partial charge in [-0.3, -0.25) is 9.78 Å². The van der Waals surface area contributed by atoms with Crippen LogP contribution in [0.5, 0.6) is 0 Å². The molecule has 0 saturated heterocycles. The van der Waals surface area contributed by atoms with Gasteiger partial charge >= 0.3 is 12.0 Å². The first-order valence-electron chi connectivity index (χ1n) is 7.11. The molecule has 0 aromatic carbocycles. The van der Waals surface area contributed by atoms with E-state index in [0.29, 0.717) is 19.4 Å². The molecule has 2 unspecified atom stereocenters. The number of aromatic nitrogens is 1. The lowest BCUT2D eigenvalue weighted by Gasteiger charge is -2.27. The fourth-order valence-electron chi connectivity index (χ4n) is 2.72. The Morgan fingerprint density at radius 3 is 2.95 bits per heavy atom. The quantitative estimate of drug-likeness (QED) is 0.789. The van der Waals surface area contributed by atoms with Crippen molar-refractivity contribution < 1.29 is 14.7 Å². The van der Waals surface area contributed by atoms with E-state index in [1.807, 2.05) is 13.0 Å². The van der Waals surface area contributed by atoms with Crippen molar-refractivity contribution >= 4 is 12.0 Å². The molecule has 0 aliphatic heterocycles. The van der Waals surface area contributed by atoms with Crippen LogP contribution in [0.1, 0.15) is 37.3 Å². The van der Waals surface area contributed by atoms with Gasteiger partial charge in [-0.1, -0.05) is 6.42 Å². The summed E-state index contributed by atoms with van der Waals surface area (Å²) < 4.78 is 0. The highest BCUT2D eigenvalue weighted by atomic mass is 16.4. The van der Waals surface area contributed by atoms with E-state index in [4.69, 9.17) is 0 Å². The summed E-state index contributed by atoms with van der Waals surface area (Å²) in [7, 11) is 0. The number of carbonyl (C=O) groups is 2. The maximum Gasteiger partial charge on any atom is 0.315 e. The summed E-state index contributed by atoms with van der Waals surface area (Å²) in [5.74, 6) is -0.853. The van der Waals surface area contributed by atoms with E-state index in [9.17, 15) is 14.7 Å². The fourth-order valence-corrected chi connectivity index (χ4v) is 2.72. The van der Waals surface area contributed by atoms with Crippen LogP contribution in [0.4, 0.5) is 4.79 Å². The molecule has 2 atom stereocenters. The highest BCUT2D eigenvalue weighted by Gasteiger charge is 2.45. The Hall–Kier alpha value is -2.11. The van der Waals surface area contributed by atoms with Crippen molar-refractivity contribution in [1.29, 1.82) is 0 Å². The third kappa shape index (κ3) is 3.32. The lowest BCUT2D eigenvalue weighted by atomic mass is 9.85. The lowest BCUT2D eigenvalue weighted by Crippen LogP contribution is -2.50. The van der Waals surface area contributed by atoms with Crippen LogP contribution in [0, 0.1) is 12.3 Å². The van der Waals surface area contributed by atoms with Gasteiger partial charge in [-0.05, 0) is 43.9 Å². The predicted molar refractivity (Wildman–Crippen MR) is 77.7 cm³/mol. The molecule has 2 amide bonds. The Morgan fingerprint density at radius 1 is 1.52 bits per heavy atom. The van der Waals surface area contributed by atoms with Gasteiger partial charge in [0.05, 0.1) is 5.41 Å². The smallest absolute Gasteiger partial charge is 0.315 e. The van der Waals surface area contributed by atoms with Crippen LogP contribution in [0.3, 0.4) is 0 Å². The van der Waals surface area contributed by atoms with Gasteiger partial charge in [0, 0.05) is 25.0 Å². The average molecular weight is 291 g/mol. The number of aliphatic carboxylic acids is 1. The zero-order valence-corrected chi connectivity index (χ0v) is 12.3. The molecule has 1 aromatic heterocycles. The van der Waals surface area contributed by atoms with Crippen LogP contribution in [-0.2, 0) is 11.3 Å². The zero-order valence-electron chi connectivity index (χ0n) is 12.3. The normalized spacial score (nSPS) is 24.6. The van der Waals surface area contributed by atoms with Crippen molar-refractivity contribution in [3.8, 4) is 0 Å². The van der Waals surface area contributed by atoms with Crippen molar-refractivity contribution in [2.75, 3.05) is 0 Å². The van der Waals surface area contributed by atoms with Gasteiger partial charge in [-0.25, -0.2) is 4.79 Å². The first-order chi connectivity index (χ1) is 9.93. The number of amides is 2. The minimum atomic E-state index is -0.873. The summed E-state index contributed by atoms with van der Waals surface area (Å²) in [5.41, 5.74) is 1.13. The maximum absolute atomic E-state index is 12.0. The number of rotatable bonds is 4. The van der Waals surface area contributed by atoms with Crippen molar-refractivity contribution in [3.05, 3.63) is 29.6 Å². The summed E-state index contributed by atoms with van der Waals surface area (Å²) in [6.07, 6.45) is 5.52. The molecule has 2 rings (SSSR count). The van der Waals surface area contributed by atoms with E-state index < -0.39 is 11.4 Å². The second-order valence-electron chi connectivity index (χ2n) is 5.80. The number of carbonyl (C=O) groups excluding carboxylic acids is 1. The Bertz CT molecular complexity index is 547. The summed E-state index contributed by atoms with van der Waals surface area (Å²) in [6, 6.07) is 1.22. The topological polar surface area (TPSA) is 91.3 Å². The van der Waals surface area contributed by atoms with Crippen molar-refractivity contribution in [2.45, 2.75) is 45.7 Å². The van der Waals surface area contributed by atoms with Crippen LogP contribution in [0.25, 0.3) is 0 Å². The second kappa shape index (κ2) is 6.11. The van der Waals surface area contributed by atoms with E-state index >= 15 is 0 Å². The number of urea groups is 1. The Labute approximate surface area is 124 Å². The van der Waals surface area contributed by atoms with E-state index in [1.54, 1.807) is 19.3 Å². The van der Waals surface area contributed by atoms with Gasteiger partial charge in [-0.2, -0.15) is 0 Å². The van der Waals surface area contributed by atoms with E-state index in [2.05, 4.69) is 15.6 Å².